The van der Waals surface area contributed by atoms with Gasteiger partial charge in [0.05, 0.1) is 6.42 Å². The normalized spacial score (nSPS) is 14.9. The molecule has 2 amide bonds. The van der Waals surface area contributed by atoms with Gasteiger partial charge in [-0.15, -0.1) is 0 Å². The lowest BCUT2D eigenvalue weighted by atomic mass is 9.95. The van der Waals surface area contributed by atoms with Crippen molar-refractivity contribution in [2.75, 3.05) is 18.4 Å². The number of nitrogens with zero attached hydrogens (tertiary/aromatic N) is 1. The first-order valence-electron chi connectivity index (χ1n) is 8.60. The van der Waals surface area contributed by atoms with E-state index in [2.05, 4.69) is 5.32 Å². The molecule has 0 saturated carbocycles. The zero-order valence-corrected chi connectivity index (χ0v) is 15.0. The Morgan fingerprint density at radius 2 is 1.85 bits per heavy atom. The molecule has 1 aliphatic rings. The third-order valence-corrected chi connectivity index (χ3v) is 4.79. The number of hydrogen-bond acceptors (Lipinski definition) is 2. The lowest BCUT2D eigenvalue weighted by Gasteiger charge is -2.31. The quantitative estimate of drug-likeness (QED) is 0.882. The highest BCUT2D eigenvalue weighted by Crippen LogP contribution is 2.21. The van der Waals surface area contributed by atoms with Gasteiger partial charge in [0.25, 0.3) is 0 Å². The van der Waals surface area contributed by atoms with Crippen LogP contribution in [0.2, 0.25) is 5.02 Å². The molecule has 1 saturated heterocycles. The van der Waals surface area contributed by atoms with Gasteiger partial charge in [0.1, 0.15) is 5.82 Å². The first-order chi connectivity index (χ1) is 12.5. The van der Waals surface area contributed by atoms with Gasteiger partial charge in [-0.25, -0.2) is 4.39 Å². The van der Waals surface area contributed by atoms with Gasteiger partial charge in [-0.1, -0.05) is 29.8 Å². The van der Waals surface area contributed by atoms with Crippen LogP contribution in [-0.4, -0.2) is 29.8 Å². The molecule has 4 nitrogen and oxygen atoms in total. The highest BCUT2D eigenvalue weighted by atomic mass is 35.5. The molecule has 26 heavy (non-hydrogen) atoms. The summed E-state index contributed by atoms with van der Waals surface area (Å²) in [5.41, 5.74) is 1.34. The Morgan fingerprint density at radius 1 is 1.12 bits per heavy atom. The minimum absolute atomic E-state index is 0.0377. The van der Waals surface area contributed by atoms with Crippen molar-refractivity contribution in [2.24, 2.45) is 5.92 Å². The van der Waals surface area contributed by atoms with Crippen molar-refractivity contribution in [2.45, 2.75) is 19.3 Å². The lowest BCUT2D eigenvalue weighted by Crippen LogP contribution is -2.42. The molecule has 0 radical (unpaired) electrons. The van der Waals surface area contributed by atoms with Crippen LogP contribution in [0, 0.1) is 11.7 Å². The average molecular weight is 375 g/mol. The van der Waals surface area contributed by atoms with Crippen LogP contribution in [0.4, 0.5) is 10.1 Å². The molecule has 1 aliphatic heterocycles. The molecule has 0 aromatic heterocycles. The highest BCUT2D eigenvalue weighted by Gasteiger charge is 2.27. The van der Waals surface area contributed by atoms with Crippen molar-refractivity contribution in [1.82, 2.24) is 4.90 Å². The van der Waals surface area contributed by atoms with Gasteiger partial charge in [0, 0.05) is 29.7 Å². The van der Waals surface area contributed by atoms with Crippen molar-refractivity contribution in [3.05, 3.63) is 64.9 Å². The minimum atomic E-state index is -0.341. The first kappa shape index (κ1) is 18.4. The summed E-state index contributed by atoms with van der Waals surface area (Å²) in [7, 11) is 0. The van der Waals surface area contributed by atoms with Crippen LogP contribution in [0.1, 0.15) is 18.4 Å². The number of benzene rings is 2. The van der Waals surface area contributed by atoms with Gasteiger partial charge in [-0.3, -0.25) is 9.59 Å². The second-order valence-electron chi connectivity index (χ2n) is 6.46. The van der Waals surface area contributed by atoms with Gasteiger partial charge < -0.3 is 10.2 Å². The number of likely N-dealkylation sites (tertiary alicyclic amines) is 1. The van der Waals surface area contributed by atoms with E-state index in [1.165, 1.54) is 12.1 Å². The number of carbonyl (C=O) groups is 2. The monoisotopic (exact) mass is 374 g/mol. The van der Waals surface area contributed by atoms with E-state index in [-0.39, 0.29) is 30.0 Å². The number of piperidine rings is 1. The van der Waals surface area contributed by atoms with Gasteiger partial charge in [-0.05, 0) is 48.7 Å². The Balaban J connectivity index is 1.50. The molecule has 2 aromatic carbocycles. The third-order valence-electron chi connectivity index (χ3n) is 4.55. The Hall–Kier alpha value is -2.40. The molecule has 0 unspecified atom stereocenters. The lowest BCUT2D eigenvalue weighted by molar-refractivity contribution is -0.133. The Labute approximate surface area is 157 Å². The van der Waals surface area contributed by atoms with E-state index >= 15 is 0 Å². The standard InChI is InChI=1S/C20H20ClFN2O2/c21-16-4-2-6-18(13-16)23-20(26)15-7-9-24(10-8-15)19(25)12-14-3-1-5-17(22)11-14/h1-6,11,13,15H,7-10,12H2,(H,23,26). The predicted octanol–water partition coefficient (Wildman–Crippen LogP) is 3.90. The molecule has 0 atom stereocenters. The molecule has 136 valence electrons. The van der Waals surface area contributed by atoms with E-state index in [9.17, 15) is 14.0 Å². The Morgan fingerprint density at radius 3 is 2.54 bits per heavy atom. The van der Waals surface area contributed by atoms with Crippen LogP contribution in [-0.2, 0) is 16.0 Å². The fourth-order valence-electron chi connectivity index (χ4n) is 3.13. The first-order valence-corrected chi connectivity index (χ1v) is 8.98. The summed E-state index contributed by atoms with van der Waals surface area (Å²) in [6, 6.07) is 13.1. The van der Waals surface area contributed by atoms with Crippen LogP contribution in [0.15, 0.2) is 48.5 Å². The minimum Gasteiger partial charge on any atom is -0.342 e. The predicted molar refractivity (Wildman–Crippen MR) is 99.5 cm³/mol. The molecular formula is C20H20ClFN2O2. The smallest absolute Gasteiger partial charge is 0.227 e. The zero-order chi connectivity index (χ0) is 18.5. The summed E-state index contributed by atoms with van der Waals surface area (Å²) in [4.78, 5) is 26.5. The van der Waals surface area contributed by atoms with Crippen LogP contribution in [0.25, 0.3) is 0 Å². The summed E-state index contributed by atoms with van der Waals surface area (Å²) < 4.78 is 13.2. The maximum absolute atomic E-state index is 13.2. The third kappa shape index (κ3) is 4.82. The average Bonchev–Trinajstić information content (AvgIpc) is 2.62. The number of halogens is 2. The number of nitrogens with one attached hydrogen (secondary N) is 1. The SMILES string of the molecule is O=C(Nc1cccc(Cl)c1)C1CCN(C(=O)Cc2cccc(F)c2)CC1. The van der Waals surface area contributed by atoms with Crippen LogP contribution in [0.5, 0.6) is 0 Å². The van der Waals surface area contributed by atoms with Crippen molar-refractivity contribution in [3.8, 4) is 0 Å². The van der Waals surface area contributed by atoms with Gasteiger partial charge >= 0.3 is 0 Å². The van der Waals surface area contributed by atoms with E-state index in [0.29, 0.717) is 42.2 Å². The van der Waals surface area contributed by atoms with E-state index in [1.807, 2.05) is 0 Å². The number of rotatable bonds is 4. The molecule has 2 aromatic rings. The number of hydrogen-bond donors (Lipinski definition) is 1. The molecule has 0 bridgehead atoms. The van der Waals surface area contributed by atoms with E-state index in [4.69, 9.17) is 11.6 Å². The maximum Gasteiger partial charge on any atom is 0.227 e. The number of anilines is 1. The molecule has 1 N–H and O–H groups in total. The summed E-state index contributed by atoms with van der Waals surface area (Å²) in [6.45, 7) is 1.06. The summed E-state index contributed by atoms with van der Waals surface area (Å²) in [6.07, 6.45) is 1.40. The van der Waals surface area contributed by atoms with E-state index in [0.717, 1.165) is 0 Å². The molecule has 1 heterocycles. The number of carbonyl (C=O) groups excluding carboxylic acids is 2. The van der Waals surface area contributed by atoms with Crippen LogP contribution < -0.4 is 5.32 Å². The topological polar surface area (TPSA) is 49.4 Å². The molecule has 6 heteroatoms. The molecule has 3 rings (SSSR count). The molecular weight excluding hydrogens is 355 g/mol. The van der Waals surface area contributed by atoms with Crippen molar-refractivity contribution >= 4 is 29.1 Å². The largest absolute Gasteiger partial charge is 0.342 e. The second-order valence-corrected chi connectivity index (χ2v) is 6.90. The number of amides is 2. The van der Waals surface area contributed by atoms with E-state index < -0.39 is 0 Å². The van der Waals surface area contributed by atoms with Gasteiger partial charge in [-0.2, -0.15) is 0 Å². The second kappa shape index (κ2) is 8.32. The summed E-state index contributed by atoms with van der Waals surface area (Å²) in [5, 5.41) is 3.44. The van der Waals surface area contributed by atoms with Crippen molar-refractivity contribution < 1.29 is 14.0 Å². The maximum atomic E-state index is 13.2. The van der Waals surface area contributed by atoms with Crippen LogP contribution >= 0.6 is 11.6 Å². The fraction of sp³-hybridized carbons (Fsp3) is 0.300. The molecule has 0 spiro atoms. The summed E-state index contributed by atoms with van der Waals surface area (Å²) in [5.74, 6) is -0.562. The van der Waals surface area contributed by atoms with Gasteiger partial charge in [0.2, 0.25) is 11.8 Å². The Bertz CT molecular complexity index is 736. The molecule has 1 fully saturated rings. The Kier molecular flexibility index (Phi) is 5.89. The zero-order valence-electron chi connectivity index (χ0n) is 14.3. The fourth-order valence-corrected chi connectivity index (χ4v) is 3.33. The van der Waals surface area contributed by atoms with Crippen LogP contribution in [0.3, 0.4) is 0 Å². The van der Waals surface area contributed by atoms with Gasteiger partial charge in [0.15, 0.2) is 0 Å². The summed E-state index contributed by atoms with van der Waals surface area (Å²) >= 11 is 5.93. The highest BCUT2D eigenvalue weighted by molar-refractivity contribution is 6.30. The molecule has 0 aliphatic carbocycles. The van der Waals surface area contributed by atoms with Crippen molar-refractivity contribution in [3.63, 3.8) is 0 Å². The van der Waals surface area contributed by atoms with E-state index in [1.54, 1.807) is 41.3 Å². The van der Waals surface area contributed by atoms with Crippen molar-refractivity contribution in [1.29, 1.82) is 0 Å².